The van der Waals surface area contributed by atoms with Crippen LogP contribution in [0.4, 0.5) is 0 Å². The van der Waals surface area contributed by atoms with Crippen molar-refractivity contribution in [2.24, 2.45) is 5.73 Å². The second-order valence-electron chi connectivity index (χ2n) is 7.68. The largest absolute Gasteiger partial charge is 0.467 e. The lowest BCUT2D eigenvalue weighted by Gasteiger charge is -2.19. The number of nitrogens with two attached hydrogens (primary N) is 1. The van der Waals surface area contributed by atoms with Crippen molar-refractivity contribution in [3.8, 4) is 0 Å². The number of methoxy groups -OCH3 is 1. The molecule has 3 amide bonds. The van der Waals surface area contributed by atoms with Gasteiger partial charge >= 0.3 is 5.97 Å². The van der Waals surface area contributed by atoms with E-state index in [4.69, 9.17) is 7.10 Å². The first kappa shape index (κ1) is 25.9. The second kappa shape index (κ2) is 17.7. The highest BCUT2D eigenvalue weighted by atomic mass is 16.5. The number of primary amides is 1. The van der Waals surface area contributed by atoms with Gasteiger partial charge in [0.05, 0.1) is 13.5 Å². The molecule has 8 heteroatoms. The first-order valence-corrected chi connectivity index (χ1v) is 11.1. The lowest BCUT2D eigenvalue weighted by molar-refractivity contribution is -0.144. The first-order valence-electron chi connectivity index (χ1n) is 11.8. The van der Waals surface area contributed by atoms with E-state index in [2.05, 4.69) is 15.4 Å². The highest BCUT2D eigenvalue weighted by molar-refractivity contribution is 5.93. The molecule has 30 heavy (non-hydrogen) atoms. The van der Waals surface area contributed by atoms with Crippen molar-refractivity contribution in [3.63, 3.8) is 0 Å². The van der Waals surface area contributed by atoms with Crippen LogP contribution in [-0.2, 0) is 23.9 Å². The van der Waals surface area contributed by atoms with Gasteiger partial charge < -0.3 is 21.1 Å². The summed E-state index contributed by atoms with van der Waals surface area (Å²) in [5, 5.41) is 4.95. The molecular weight excluding hydrogens is 386 g/mol. The molecule has 0 bridgehead atoms. The Balaban J connectivity index is 4.01. The van der Waals surface area contributed by atoms with Gasteiger partial charge in [-0.25, -0.2) is 4.79 Å². The third-order valence-corrected chi connectivity index (χ3v) is 4.87. The van der Waals surface area contributed by atoms with Gasteiger partial charge in [0, 0.05) is 7.79 Å². The summed E-state index contributed by atoms with van der Waals surface area (Å²) in [6.45, 7) is 1.98. The van der Waals surface area contributed by atoms with Gasteiger partial charge in [0.25, 0.3) is 0 Å². The van der Waals surface area contributed by atoms with Crippen molar-refractivity contribution in [3.05, 3.63) is 0 Å². The molecule has 0 spiro atoms. The van der Waals surface area contributed by atoms with Crippen molar-refractivity contribution >= 4 is 23.7 Å². The number of carbonyl (C=O) groups is 4. The summed E-state index contributed by atoms with van der Waals surface area (Å²) < 4.78 is 11.6. The zero-order valence-corrected chi connectivity index (χ0v) is 18.7. The Morgan fingerprint density at radius 2 is 1.43 bits per heavy atom. The molecule has 0 saturated heterocycles. The fourth-order valence-electron chi connectivity index (χ4n) is 3.10. The fraction of sp³-hybridized carbons (Fsp3) is 0.818. The van der Waals surface area contributed by atoms with Crippen LogP contribution in [0.2, 0.25) is 0 Å². The van der Waals surface area contributed by atoms with Gasteiger partial charge in [0.15, 0.2) is 0 Å². The van der Waals surface area contributed by atoms with Crippen molar-refractivity contribution in [2.75, 3.05) is 7.11 Å². The molecule has 0 aromatic heterocycles. The van der Waals surface area contributed by atoms with E-state index < -0.39 is 29.9 Å². The molecule has 0 radical (unpaired) electrons. The molecule has 174 valence electrons. The summed E-state index contributed by atoms with van der Waals surface area (Å²) >= 11 is 0. The third-order valence-electron chi connectivity index (χ3n) is 4.87. The summed E-state index contributed by atoms with van der Waals surface area (Å²) in [4.78, 5) is 47.1. The number of carbonyl (C=O) groups excluding carboxylic acids is 4. The molecule has 0 rings (SSSR count). The zero-order chi connectivity index (χ0) is 23.5. The fourth-order valence-corrected chi connectivity index (χ4v) is 3.10. The molecule has 0 saturated carbocycles. The monoisotopic (exact) mass is 428 g/mol. The van der Waals surface area contributed by atoms with Crippen LogP contribution in [-0.4, -0.2) is 42.9 Å². The highest BCUT2D eigenvalue weighted by Gasteiger charge is 2.26. The molecule has 0 aromatic carbocycles. The molecule has 0 aliphatic heterocycles. The van der Waals surface area contributed by atoms with Crippen LogP contribution < -0.4 is 16.4 Å². The number of nitrogens with one attached hydrogen (secondary N) is 2. The Hall–Kier alpha value is -2.12. The number of ether oxygens (including phenoxy) is 1. The predicted molar refractivity (Wildman–Crippen MR) is 116 cm³/mol. The molecule has 8 nitrogen and oxygen atoms in total. The van der Waals surface area contributed by atoms with Crippen LogP contribution in [0.15, 0.2) is 0 Å². The standard InChI is InChI=1S/C22H41N3O5/c1-4-5-6-7-8-9-10-11-12-13-14-15-20(27)25-18(16-19(23)26)21(28)24-17(2)22(29)30-3/h17-18H,4-16H2,1-3H3,(H2,23,26)(H,24,28)(H,25,27)/t17-,18-/m0/s1/i1D. The van der Waals surface area contributed by atoms with Crippen molar-refractivity contribution < 1.29 is 25.3 Å². The average molecular weight is 429 g/mol. The van der Waals surface area contributed by atoms with Gasteiger partial charge in [-0.15, -0.1) is 0 Å². The summed E-state index contributed by atoms with van der Waals surface area (Å²) in [6, 6.07) is -2.01. The summed E-state index contributed by atoms with van der Waals surface area (Å²) in [7, 11) is 1.20. The van der Waals surface area contributed by atoms with E-state index in [0.717, 1.165) is 32.1 Å². The van der Waals surface area contributed by atoms with E-state index in [1.165, 1.54) is 46.1 Å². The van der Waals surface area contributed by atoms with Gasteiger partial charge in [-0.1, -0.05) is 71.1 Å². The third kappa shape index (κ3) is 14.8. The molecule has 0 unspecified atom stereocenters. The molecule has 0 aromatic rings. The Morgan fingerprint density at radius 3 is 1.93 bits per heavy atom. The van der Waals surface area contributed by atoms with E-state index >= 15 is 0 Å². The van der Waals surface area contributed by atoms with E-state index in [9.17, 15) is 19.2 Å². The minimum atomic E-state index is -1.11. The van der Waals surface area contributed by atoms with E-state index in [0.29, 0.717) is 13.3 Å². The normalized spacial score (nSPS) is 13.1. The molecule has 0 aliphatic rings. The lowest BCUT2D eigenvalue weighted by atomic mass is 10.0. The molecular formula is C22H41N3O5. The Kier molecular flexibility index (Phi) is 15.3. The maximum atomic E-state index is 12.3. The SMILES string of the molecule is [2H]CCCCCCCCCCCCCC(=O)N[C@@H](CC(N)=O)C(=O)N[C@@H](C)C(=O)OC. The van der Waals surface area contributed by atoms with Crippen LogP contribution in [0.25, 0.3) is 0 Å². The van der Waals surface area contributed by atoms with Crippen LogP contribution in [0.3, 0.4) is 0 Å². The zero-order valence-electron chi connectivity index (χ0n) is 19.7. The molecule has 4 N–H and O–H groups in total. The van der Waals surface area contributed by atoms with Crippen LogP contribution in [0.5, 0.6) is 0 Å². The molecule has 0 fully saturated rings. The topological polar surface area (TPSA) is 128 Å². The minimum absolute atomic E-state index is 0.269. The maximum Gasteiger partial charge on any atom is 0.328 e. The van der Waals surface area contributed by atoms with Gasteiger partial charge in [-0.3, -0.25) is 14.4 Å². The minimum Gasteiger partial charge on any atom is -0.467 e. The summed E-state index contributed by atoms with van der Waals surface area (Å²) in [5.41, 5.74) is 5.17. The molecule has 2 atom stereocenters. The summed E-state index contributed by atoms with van der Waals surface area (Å²) in [6.07, 6.45) is 12.1. The Morgan fingerprint density at radius 1 is 0.900 bits per heavy atom. The van der Waals surface area contributed by atoms with Crippen LogP contribution >= 0.6 is 0 Å². The van der Waals surface area contributed by atoms with Gasteiger partial charge in [0.1, 0.15) is 12.1 Å². The van der Waals surface area contributed by atoms with Crippen molar-refractivity contribution in [1.82, 2.24) is 10.6 Å². The van der Waals surface area contributed by atoms with Gasteiger partial charge in [0.2, 0.25) is 17.7 Å². The number of rotatable bonds is 18. The van der Waals surface area contributed by atoms with E-state index in [1.807, 2.05) is 0 Å². The van der Waals surface area contributed by atoms with Crippen molar-refractivity contribution in [2.45, 2.75) is 109 Å². The quantitative estimate of drug-likeness (QED) is 0.228. The van der Waals surface area contributed by atoms with E-state index in [-0.39, 0.29) is 18.7 Å². The van der Waals surface area contributed by atoms with Crippen molar-refractivity contribution in [1.29, 1.82) is 0 Å². The molecule has 0 aliphatic carbocycles. The van der Waals surface area contributed by atoms with E-state index in [1.54, 1.807) is 0 Å². The Bertz CT molecular complexity index is 545. The number of unbranched alkanes of at least 4 members (excludes halogenated alkanes) is 10. The summed E-state index contributed by atoms with van der Waals surface area (Å²) in [5.74, 6) is -2.31. The molecule has 0 heterocycles. The van der Waals surface area contributed by atoms with Crippen LogP contribution in [0, 0.1) is 0 Å². The number of hydrogen-bond acceptors (Lipinski definition) is 5. The smallest absolute Gasteiger partial charge is 0.328 e. The maximum absolute atomic E-state index is 12.3. The second-order valence-corrected chi connectivity index (χ2v) is 7.68. The predicted octanol–water partition coefficient (Wildman–Crippen LogP) is 2.73. The number of amides is 3. The number of esters is 1. The van der Waals surface area contributed by atoms with Crippen LogP contribution in [0.1, 0.15) is 98.7 Å². The Labute approximate surface area is 182 Å². The van der Waals surface area contributed by atoms with Gasteiger partial charge in [-0.2, -0.15) is 0 Å². The lowest BCUT2D eigenvalue weighted by Crippen LogP contribution is -2.52. The first-order chi connectivity index (χ1) is 14.8. The van der Waals surface area contributed by atoms with Gasteiger partial charge in [-0.05, 0) is 13.3 Å². The number of hydrogen-bond donors (Lipinski definition) is 3. The average Bonchev–Trinajstić information content (AvgIpc) is 2.72. The highest BCUT2D eigenvalue weighted by Crippen LogP contribution is 2.12.